The molecule has 0 saturated carbocycles. The van der Waals surface area contributed by atoms with Crippen molar-refractivity contribution in [3.63, 3.8) is 0 Å². The molecule has 2 heterocycles. The molecular formula is C10H12N2O2. The fourth-order valence-electron chi connectivity index (χ4n) is 1.42. The number of ether oxygens (including phenoxy) is 1. The number of fused-ring (bicyclic) bond motifs is 1. The molecule has 0 unspecified atom stereocenters. The summed E-state index contributed by atoms with van der Waals surface area (Å²) in [5.74, 6) is -0.302. The Morgan fingerprint density at radius 1 is 1.64 bits per heavy atom. The van der Waals surface area contributed by atoms with E-state index in [1.54, 1.807) is 13.1 Å². The number of carbonyl (C=O) groups excluding carboxylic acids is 1. The van der Waals surface area contributed by atoms with Gasteiger partial charge in [0.2, 0.25) is 0 Å². The maximum atomic E-state index is 11.4. The number of nitrogens with zero attached hydrogens (tertiary/aromatic N) is 1. The van der Waals surface area contributed by atoms with Crippen LogP contribution in [0.1, 0.15) is 6.92 Å². The van der Waals surface area contributed by atoms with E-state index >= 15 is 0 Å². The van der Waals surface area contributed by atoms with Crippen LogP contribution in [-0.4, -0.2) is 23.6 Å². The van der Waals surface area contributed by atoms with Gasteiger partial charge in [0.1, 0.15) is 11.9 Å². The van der Waals surface area contributed by atoms with Crippen LogP contribution in [0.4, 0.5) is 0 Å². The minimum atomic E-state index is -0.302. The van der Waals surface area contributed by atoms with Crippen molar-refractivity contribution in [1.29, 1.82) is 0 Å². The smallest absolute Gasteiger partial charge is 0.355 e. The monoisotopic (exact) mass is 192 g/mol. The highest BCUT2D eigenvalue weighted by Gasteiger charge is 2.25. The maximum absolute atomic E-state index is 11.4. The molecule has 1 atom stereocenters. The summed E-state index contributed by atoms with van der Waals surface area (Å²) in [5.41, 5.74) is 0.507. The van der Waals surface area contributed by atoms with E-state index < -0.39 is 0 Å². The molecule has 0 aromatic rings. The van der Waals surface area contributed by atoms with Crippen LogP contribution in [0.25, 0.3) is 0 Å². The molecule has 2 aliphatic heterocycles. The first-order chi connectivity index (χ1) is 6.81. The molecule has 0 aliphatic carbocycles. The Bertz CT molecular complexity index is 331. The highest BCUT2D eigenvalue weighted by Crippen LogP contribution is 2.16. The van der Waals surface area contributed by atoms with Crippen molar-refractivity contribution in [2.45, 2.75) is 13.1 Å². The lowest BCUT2D eigenvalue weighted by molar-refractivity contribution is -0.138. The zero-order chi connectivity index (χ0) is 9.97. The van der Waals surface area contributed by atoms with E-state index in [0.29, 0.717) is 12.3 Å². The first-order valence-electron chi connectivity index (χ1n) is 4.59. The van der Waals surface area contributed by atoms with Gasteiger partial charge in [-0.1, -0.05) is 6.08 Å². The van der Waals surface area contributed by atoms with Crippen LogP contribution < -0.4 is 5.32 Å². The van der Waals surface area contributed by atoms with Gasteiger partial charge in [0.25, 0.3) is 0 Å². The second kappa shape index (κ2) is 3.57. The first kappa shape index (κ1) is 8.87. The molecule has 0 bridgehead atoms. The first-order valence-corrected chi connectivity index (χ1v) is 4.59. The molecule has 0 aromatic heterocycles. The molecule has 0 fully saturated rings. The predicted octanol–water partition coefficient (Wildman–Crippen LogP) is 0.706. The molecule has 4 nitrogen and oxygen atoms in total. The molecule has 0 radical (unpaired) electrons. The third-order valence-electron chi connectivity index (χ3n) is 2.06. The fourth-order valence-corrected chi connectivity index (χ4v) is 1.42. The van der Waals surface area contributed by atoms with Crippen LogP contribution in [0, 0.1) is 0 Å². The minimum absolute atomic E-state index is 0.0550. The van der Waals surface area contributed by atoms with E-state index in [2.05, 4.69) is 5.32 Å². The average Bonchev–Trinajstić information content (AvgIpc) is 2.61. The lowest BCUT2D eigenvalue weighted by Gasteiger charge is -2.20. The summed E-state index contributed by atoms with van der Waals surface area (Å²) in [7, 11) is 0. The van der Waals surface area contributed by atoms with Crippen LogP contribution >= 0.6 is 0 Å². The zero-order valence-corrected chi connectivity index (χ0v) is 7.93. The van der Waals surface area contributed by atoms with Gasteiger partial charge in [-0.05, 0) is 19.1 Å². The molecule has 2 rings (SSSR count). The number of carbonyl (C=O) groups is 1. The number of hydrogen-bond donors (Lipinski definition) is 1. The van der Waals surface area contributed by atoms with Gasteiger partial charge in [0.15, 0.2) is 0 Å². The topological polar surface area (TPSA) is 41.6 Å². The molecule has 0 amide bonds. The quantitative estimate of drug-likeness (QED) is 0.654. The van der Waals surface area contributed by atoms with Gasteiger partial charge in [-0.25, -0.2) is 4.79 Å². The average molecular weight is 192 g/mol. The fraction of sp³-hybridized carbons (Fsp3) is 0.300. The van der Waals surface area contributed by atoms with E-state index in [4.69, 9.17) is 4.74 Å². The van der Waals surface area contributed by atoms with Crippen molar-refractivity contribution in [2.24, 2.45) is 0 Å². The lowest BCUT2D eigenvalue weighted by atomic mass is 10.3. The molecule has 0 saturated heterocycles. The van der Waals surface area contributed by atoms with Crippen molar-refractivity contribution in [1.82, 2.24) is 10.2 Å². The summed E-state index contributed by atoms with van der Waals surface area (Å²) in [6.07, 6.45) is 9.55. The van der Waals surface area contributed by atoms with E-state index in [1.165, 1.54) is 0 Å². The Kier molecular flexibility index (Phi) is 2.26. The maximum Gasteiger partial charge on any atom is 0.355 e. The van der Waals surface area contributed by atoms with Crippen molar-refractivity contribution in [2.75, 3.05) is 6.61 Å². The van der Waals surface area contributed by atoms with E-state index in [0.717, 1.165) is 0 Å². The molecular weight excluding hydrogens is 180 g/mol. The van der Waals surface area contributed by atoms with Gasteiger partial charge in [-0.2, -0.15) is 0 Å². The van der Waals surface area contributed by atoms with E-state index in [9.17, 15) is 4.79 Å². The summed E-state index contributed by atoms with van der Waals surface area (Å²) >= 11 is 0. The van der Waals surface area contributed by atoms with Gasteiger partial charge >= 0.3 is 5.97 Å². The van der Waals surface area contributed by atoms with Crippen LogP contribution in [0.15, 0.2) is 36.3 Å². The Morgan fingerprint density at radius 3 is 3.21 bits per heavy atom. The summed E-state index contributed by atoms with van der Waals surface area (Å²) in [5, 5.41) is 3.05. The van der Waals surface area contributed by atoms with Crippen LogP contribution in [0.5, 0.6) is 0 Å². The van der Waals surface area contributed by atoms with E-state index in [-0.39, 0.29) is 12.1 Å². The highest BCUT2D eigenvalue weighted by molar-refractivity contribution is 5.88. The number of allylic oxidation sites excluding steroid dienone is 2. The zero-order valence-electron chi connectivity index (χ0n) is 7.93. The number of esters is 1. The number of nitrogens with one attached hydrogen (secondary N) is 1. The molecule has 14 heavy (non-hydrogen) atoms. The van der Waals surface area contributed by atoms with Gasteiger partial charge in [-0.3, -0.25) is 0 Å². The van der Waals surface area contributed by atoms with Crippen molar-refractivity contribution >= 4 is 5.97 Å². The Balaban J connectivity index is 2.07. The Labute approximate surface area is 82.5 Å². The van der Waals surface area contributed by atoms with E-state index in [1.807, 2.05) is 29.3 Å². The number of hydrogen-bond acceptors (Lipinski definition) is 4. The second-order valence-electron chi connectivity index (χ2n) is 3.03. The van der Waals surface area contributed by atoms with Gasteiger partial charge in [0.05, 0.1) is 6.61 Å². The highest BCUT2D eigenvalue weighted by atomic mass is 16.5. The minimum Gasteiger partial charge on any atom is -0.461 e. The normalized spacial score (nSPS) is 22.8. The number of rotatable bonds is 2. The van der Waals surface area contributed by atoms with Gasteiger partial charge in [0, 0.05) is 12.4 Å². The summed E-state index contributed by atoms with van der Waals surface area (Å²) in [6.45, 7) is 2.19. The summed E-state index contributed by atoms with van der Waals surface area (Å²) < 4.78 is 4.89. The Hall–Kier alpha value is -1.71. The largest absolute Gasteiger partial charge is 0.461 e. The molecule has 0 spiro atoms. The third-order valence-corrected chi connectivity index (χ3v) is 2.06. The molecule has 74 valence electrons. The summed E-state index contributed by atoms with van der Waals surface area (Å²) in [4.78, 5) is 13.3. The third kappa shape index (κ3) is 1.51. The lowest BCUT2D eigenvalue weighted by Crippen LogP contribution is -2.33. The van der Waals surface area contributed by atoms with Gasteiger partial charge < -0.3 is 15.0 Å². The van der Waals surface area contributed by atoms with Crippen LogP contribution in [0.3, 0.4) is 0 Å². The van der Waals surface area contributed by atoms with Crippen molar-refractivity contribution < 1.29 is 9.53 Å². The SMILES string of the molecule is CCOC(=O)C1=CN2C=CC=C[C@@H]2N1. The molecule has 1 N–H and O–H groups in total. The predicted molar refractivity (Wildman–Crippen MR) is 51.8 cm³/mol. The van der Waals surface area contributed by atoms with Crippen LogP contribution in [0.2, 0.25) is 0 Å². The molecule has 0 aromatic carbocycles. The Morgan fingerprint density at radius 2 is 2.50 bits per heavy atom. The molecule has 4 heteroatoms. The second-order valence-corrected chi connectivity index (χ2v) is 3.03. The molecule has 2 aliphatic rings. The standard InChI is InChI=1S/C10H12N2O2/c1-2-14-10(13)8-7-12-6-4-3-5-9(12)11-8/h3-7,9,11H,2H2,1H3/t9-/m1/s1. The summed E-state index contributed by atoms with van der Waals surface area (Å²) in [6, 6.07) is 0. The van der Waals surface area contributed by atoms with Crippen LogP contribution in [-0.2, 0) is 9.53 Å². The van der Waals surface area contributed by atoms with Crippen molar-refractivity contribution in [3.05, 3.63) is 36.3 Å². The van der Waals surface area contributed by atoms with Crippen molar-refractivity contribution in [3.8, 4) is 0 Å². The van der Waals surface area contributed by atoms with Gasteiger partial charge in [-0.15, -0.1) is 0 Å².